The van der Waals surface area contributed by atoms with E-state index in [2.05, 4.69) is 10.3 Å². The molecule has 2 aromatic rings. The SMILES string of the molecule is COc1ccc(CCNC(=O)Cn2cnc3c2C(=O)C(C)N3C)cc1. The number of amides is 1. The lowest BCUT2D eigenvalue weighted by molar-refractivity contribution is -0.121. The van der Waals surface area contributed by atoms with E-state index in [0.717, 1.165) is 17.7 Å². The van der Waals surface area contributed by atoms with Crippen molar-refractivity contribution < 1.29 is 14.3 Å². The molecule has 2 heterocycles. The lowest BCUT2D eigenvalue weighted by atomic mass is 10.1. The number of ether oxygens (including phenoxy) is 1. The molecule has 1 aliphatic rings. The third-order valence-corrected chi connectivity index (χ3v) is 4.56. The van der Waals surface area contributed by atoms with Crippen molar-refractivity contribution >= 4 is 17.5 Å². The molecule has 0 saturated heterocycles. The van der Waals surface area contributed by atoms with Gasteiger partial charge in [0.1, 0.15) is 18.0 Å². The molecule has 0 spiro atoms. The second kappa shape index (κ2) is 6.96. The van der Waals surface area contributed by atoms with Gasteiger partial charge in [0.05, 0.1) is 19.5 Å². The van der Waals surface area contributed by atoms with Gasteiger partial charge in [0.15, 0.2) is 5.82 Å². The van der Waals surface area contributed by atoms with Gasteiger partial charge in [-0.1, -0.05) is 12.1 Å². The number of fused-ring (bicyclic) bond motifs is 1. The highest BCUT2D eigenvalue weighted by Gasteiger charge is 2.36. The number of carbonyl (C=O) groups excluding carboxylic acids is 2. The van der Waals surface area contributed by atoms with Crippen LogP contribution in [0.5, 0.6) is 5.75 Å². The van der Waals surface area contributed by atoms with Crippen molar-refractivity contribution in [3.63, 3.8) is 0 Å². The van der Waals surface area contributed by atoms with Gasteiger partial charge in [0, 0.05) is 13.6 Å². The Labute approximate surface area is 146 Å². The van der Waals surface area contributed by atoms with E-state index in [1.807, 2.05) is 43.1 Å². The van der Waals surface area contributed by atoms with Gasteiger partial charge in [-0.3, -0.25) is 9.59 Å². The maximum Gasteiger partial charge on any atom is 0.240 e. The molecular weight excluding hydrogens is 320 g/mol. The highest BCUT2D eigenvalue weighted by Crippen LogP contribution is 2.28. The number of likely N-dealkylation sites (N-methyl/N-ethyl adjacent to an activating group) is 1. The number of hydrogen-bond acceptors (Lipinski definition) is 5. The number of imidazole rings is 1. The predicted octanol–water partition coefficient (Wildman–Crippen LogP) is 1.27. The first-order valence-electron chi connectivity index (χ1n) is 8.23. The van der Waals surface area contributed by atoms with E-state index in [1.165, 1.54) is 0 Å². The fourth-order valence-corrected chi connectivity index (χ4v) is 2.91. The molecule has 1 atom stereocenters. The summed E-state index contributed by atoms with van der Waals surface area (Å²) in [5.41, 5.74) is 1.63. The predicted molar refractivity (Wildman–Crippen MR) is 94.1 cm³/mol. The number of nitrogens with zero attached hydrogens (tertiary/aromatic N) is 3. The van der Waals surface area contributed by atoms with Gasteiger partial charge in [-0.2, -0.15) is 0 Å². The van der Waals surface area contributed by atoms with Gasteiger partial charge < -0.3 is 19.5 Å². The summed E-state index contributed by atoms with van der Waals surface area (Å²) in [5, 5.41) is 2.88. The minimum Gasteiger partial charge on any atom is -0.497 e. The molecule has 132 valence electrons. The molecule has 1 N–H and O–H groups in total. The van der Waals surface area contributed by atoms with Crippen molar-refractivity contribution in [1.29, 1.82) is 0 Å². The lowest BCUT2D eigenvalue weighted by Gasteiger charge is -2.14. The summed E-state index contributed by atoms with van der Waals surface area (Å²) in [6, 6.07) is 7.51. The van der Waals surface area contributed by atoms with Crippen molar-refractivity contribution in [3.8, 4) is 5.75 Å². The number of benzene rings is 1. The summed E-state index contributed by atoms with van der Waals surface area (Å²) < 4.78 is 6.75. The Balaban J connectivity index is 1.54. The van der Waals surface area contributed by atoms with Gasteiger partial charge in [-0.15, -0.1) is 0 Å². The molecule has 1 aliphatic heterocycles. The molecule has 1 amide bonds. The minimum atomic E-state index is -0.233. The molecule has 0 radical (unpaired) electrons. The smallest absolute Gasteiger partial charge is 0.240 e. The Morgan fingerprint density at radius 2 is 2.04 bits per heavy atom. The zero-order valence-electron chi connectivity index (χ0n) is 14.7. The molecular formula is C18H22N4O3. The molecule has 7 heteroatoms. The topological polar surface area (TPSA) is 76.5 Å². The van der Waals surface area contributed by atoms with E-state index in [-0.39, 0.29) is 24.3 Å². The van der Waals surface area contributed by atoms with Crippen molar-refractivity contribution in [2.45, 2.75) is 25.9 Å². The number of hydrogen-bond donors (Lipinski definition) is 1. The van der Waals surface area contributed by atoms with Gasteiger partial charge in [-0.05, 0) is 31.0 Å². The molecule has 0 fully saturated rings. The summed E-state index contributed by atoms with van der Waals surface area (Å²) >= 11 is 0. The van der Waals surface area contributed by atoms with Gasteiger partial charge in [0.2, 0.25) is 11.7 Å². The van der Waals surface area contributed by atoms with E-state index in [0.29, 0.717) is 18.1 Å². The number of Topliss-reactive ketones (excluding diaryl/α,β-unsaturated/α-hetero) is 1. The van der Waals surface area contributed by atoms with E-state index in [4.69, 9.17) is 4.74 Å². The Kier molecular flexibility index (Phi) is 4.74. The quantitative estimate of drug-likeness (QED) is 0.856. The van der Waals surface area contributed by atoms with E-state index < -0.39 is 0 Å². The van der Waals surface area contributed by atoms with Crippen LogP contribution in [0.15, 0.2) is 30.6 Å². The molecule has 25 heavy (non-hydrogen) atoms. The molecule has 1 unspecified atom stereocenters. The van der Waals surface area contributed by atoms with E-state index >= 15 is 0 Å². The van der Waals surface area contributed by atoms with Crippen LogP contribution in [0.2, 0.25) is 0 Å². The first kappa shape index (κ1) is 17.0. The first-order chi connectivity index (χ1) is 12.0. The number of aromatic nitrogens is 2. The molecule has 0 bridgehead atoms. The van der Waals surface area contributed by atoms with Crippen LogP contribution in [-0.2, 0) is 17.8 Å². The molecule has 3 rings (SSSR count). The van der Waals surface area contributed by atoms with E-state index in [1.54, 1.807) is 18.0 Å². The van der Waals surface area contributed by atoms with Crippen LogP contribution in [0.1, 0.15) is 23.0 Å². The van der Waals surface area contributed by atoms with Crippen LogP contribution in [0.25, 0.3) is 0 Å². The standard InChI is InChI=1S/C18H22N4O3/c1-12-17(24)16-18(21(12)2)20-11-22(16)10-15(23)19-9-8-13-4-6-14(25-3)7-5-13/h4-7,11-12H,8-10H2,1-3H3,(H,19,23). The molecule has 1 aromatic carbocycles. The minimum absolute atomic E-state index is 0.000956. The highest BCUT2D eigenvalue weighted by molar-refractivity contribution is 6.08. The third-order valence-electron chi connectivity index (χ3n) is 4.56. The maximum absolute atomic E-state index is 12.3. The number of methoxy groups -OCH3 is 1. The fourth-order valence-electron chi connectivity index (χ4n) is 2.91. The number of carbonyl (C=O) groups is 2. The van der Waals surface area contributed by atoms with Crippen LogP contribution in [0.4, 0.5) is 5.82 Å². The number of rotatable bonds is 6. The van der Waals surface area contributed by atoms with Crippen molar-refractivity contribution in [3.05, 3.63) is 41.9 Å². The number of nitrogens with one attached hydrogen (secondary N) is 1. The lowest BCUT2D eigenvalue weighted by Crippen LogP contribution is -2.31. The second-order valence-corrected chi connectivity index (χ2v) is 6.14. The zero-order valence-corrected chi connectivity index (χ0v) is 14.7. The van der Waals surface area contributed by atoms with Crippen molar-refractivity contribution in [2.24, 2.45) is 0 Å². The van der Waals surface area contributed by atoms with Gasteiger partial charge >= 0.3 is 0 Å². The van der Waals surface area contributed by atoms with Crippen LogP contribution in [-0.4, -0.2) is 48.0 Å². The Bertz CT molecular complexity index is 782. The monoisotopic (exact) mass is 342 g/mol. The maximum atomic E-state index is 12.3. The van der Waals surface area contributed by atoms with Crippen molar-refractivity contribution in [1.82, 2.24) is 14.9 Å². The average molecular weight is 342 g/mol. The second-order valence-electron chi connectivity index (χ2n) is 6.14. The Morgan fingerprint density at radius 3 is 2.72 bits per heavy atom. The largest absolute Gasteiger partial charge is 0.497 e. The van der Waals surface area contributed by atoms with Crippen LogP contribution in [0, 0.1) is 0 Å². The molecule has 1 aromatic heterocycles. The normalized spacial score (nSPS) is 16.0. The van der Waals surface area contributed by atoms with Crippen molar-refractivity contribution in [2.75, 3.05) is 25.6 Å². The third kappa shape index (κ3) is 3.35. The summed E-state index contributed by atoms with van der Waals surface area (Å²) in [6.07, 6.45) is 2.28. The van der Waals surface area contributed by atoms with E-state index in [9.17, 15) is 9.59 Å². The zero-order chi connectivity index (χ0) is 18.0. The molecule has 0 aliphatic carbocycles. The number of anilines is 1. The number of ketones is 1. The summed E-state index contributed by atoms with van der Waals surface area (Å²) in [7, 11) is 3.46. The highest BCUT2D eigenvalue weighted by atomic mass is 16.5. The van der Waals surface area contributed by atoms with Crippen LogP contribution in [0.3, 0.4) is 0 Å². The fraction of sp³-hybridized carbons (Fsp3) is 0.389. The average Bonchev–Trinajstić information content (AvgIpc) is 3.11. The summed E-state index contributed by atoms with van der Waals surface area (Å²) in [5.74, 6) is 1.32. The van der Waals surface area contributed by atoms with Crippen LogP contribution >= 0.6 is 0 Å². The van der Waals surface area contributed by atoms with Gasteiger partial charge in [-0.25, -0.2) is 4.98 Å². The van der Waals surface area contributed by atoms with Crippen LogP contribution < -0.4 is 15.0 Å². The summed E-state index contributed by atoms with van der Waals surface area (Å²) in [6.45, 7) is 2.47. The van der Waals surface area contributed by atoms with Gasteiger partial charge in [0.25, 0.3) is 0 Å². The Morgan fingerprint density at radius 1 is 1.32 bits per heavy atom. The summed E-state index contributed by atoms with van der Waals surface area (Å²) in [4.78, 5) is 30.5. The molecule has 7 nitrogen and oxygen atoms in total. The molecule has 0 saturated carbocycles. The first-order valence-corrected chi connectivity index (χ1v) is 8.23. The Hall–Kier alpha value is -2.83.